The van der Waals surface area contributed by atoms with Gasteiger partial charge in [0.25, 0.3) is 5.91 Å². The molecule has 2 amide bonds. The molecule has 1 saturated heterocycles. The van der Waals surface area contributed by atoms with E-state index >= 15 is 0 Å². The molecule has 4 N–H and O–H groups in total. The highest BCUT2D eigenvalue weighted by Gasteiger charge is 2.30. The van der Waals surface area contributed by atoms with E-state index in [1.165, 1.54) is 0 Å². The summed E-state index contributed by atoms with van der Waals surface area (Å²) in [7, 11) is 0. The molecule has 1 saturated carbocycles. The first kappa shape index (κ1) is 17.6. The van der Waals surface area contributed by atoms with Gasteiger partial charge in [0.05, 0.1) is 23.3 Å². The number of hydrogen-bond donors (Lipinski definition) is 3. The number of amides is 2. The van der Waals surface area contributed by atoms with Crippen molar-refractivity contribution in [1.29, 1.82) is 0 Å². The van der Waals surface area contributed by atoms with Crippen LogP contribution in [0.4, 0.5) is 11.4 Å². The highest BCUT2D eigenvalue weighted by atomic mass is 16.2. The van der Waals surface area contributed by atoms with E-state index in [4.69, 9.17) is 5.73 Å². The molecule has 0 bridgehead atoms. The Kier molecular flexibility index (Phi) is 4.59. The van der Waals surface area contributed by atoms with Gasteiger partial charge in [0, 0.05) is 36.3 Å². The van der Waals surface area contributed by atoms with E-state index in [9.17, 15) is 9.59 Å². The Bertz CT molecular complexity index is 863. The van der Waals surface area contributed by atoms with Crippen molar-refractivity contribution in [2.45, 2.75) is 38.5 Å². The van der Waals surface area contributed by atoms with Crippen LogP contribution in [0.5, 0.6) is 0 Å². The molecule has 142 valence electrons. The van der Waals surface area contributed by atoms with E-state index in [0.29, 0.717) is 17.2 Å². The molecule has 2 heterocycles. The van der Waals surface area contributed by atoms with E-state index in [1.54, 1.807) is 12.4 Å². The Morgan fingerprint density at radius 3 is 2.56 bits per heavy atom. The summed E-state index contributed by atoms with van der Waals surface area (Å²) in [4.78, 5) is 33.8. The minimum atomic E-state index is -0.527. The Balaban J connectivity index is 1.49. The highest BCUT2D eigenvalue weighted by molar-refractivity contribution is 6.04. The first-order chi connectivity index (χ1) is 13.0. The van der Waals surface area contributed by atoms with E-state index in [2.05, 4.69) is 27.1 Å². The van der Waals surface area contributed by atoms with Gasteiger partial charge in [0.2, 0.25) is 5.91 Å². The van der Waals surface area contributed by atoms with Gasteiger partial charge in [0.1, 0.15) is 0 Å². The summed E-state index contributed by atoms with van der Waals surface area (Å²) in [6.45, 7) is 3.87. The average Bonchev–Trinajstić information content (AvgIpc) is 3.43. The first-order valence-electron chi connectivity index (χ1n) is 9.52. The molecule has 7 heteroatoms. The Labute approximate surface area is 158 Å². The fourth-order valence-corrected chi connectivity index (χ4v) is 3.82. The maximum absolute atomic E-state index is 12.2. The van der Waals surface area contributed by atoms with Crippen molar-refractivity contribution in [3.8, 4) is 0 Å². The number of carbonyl (C=O) groups is 2. The zero-order valence-electron chi connectivity index (χ0n) is 15.5. The largest absolute Gasteiger partial charge is 0.371 e. The molecule has 2 aliphatic rings. The second-order valence-electron chi connectivity index (χ2n) is 7.53. The van der Waals surface area contributed by atoms with Crippen LogP contribution < -0.4 is 16.0 Å². The van der Waals surface area contributed by atoms with Crippen LogP contribution in [0.1, 0.15) is 53.3 Å². The molecule has 1 aromatic heterocycles. The van der Waals surface area contributed by atoms with Gasteiger partial charge < -0.3 is 20.9 Å². The zero-order valence-corrected chi connectivity index (χ0v) is 15.5. The minimum Gasteiger partial charge on any atom is -0.371 e. The Morgan fingerprint density at radius 1 is 1.22 bits per heavy atom. The molecule has 0 radical (unpaired) electrons. The van der Waals surface area contributed by atoms with Crippen LogP contribution in [0.2, 0.25) is 0 Å². The maximum atomic E-state index is 12.2. The van der Waals surface area contributed by atoms with Crippen molar-refractivity contribution < 1.29 is 9.59 Å². The third-order valence-corrected chi connectivity index (χ3v) is 5.59. The molecule has 0 atom stereocenters. The molecular formula is C20H25N5O2. The number of aryl methyl sites for hydroxylation is 1. The van der Waals surface area contributed by atoms with Crippen molar-refractivity contribution >= 4 is 23.2 Å². The molecule has 27 heavy (non-hydrogen) atoms. The summed E-state index contributed by atoms with van der Waals surface area (Å²) in [5.41, 5.74) is 9.66. The first-order valence-corrected chi connectivity index (χ1v) is 9.52. The number of nitrogens with one attached hydrogen (secondary N) is 2. The molecule has 7 nitrogen and oxygen atoms in total. The van der Waals surface area contributed by atoms with Gasteiger partial charge in [-0.05, 0) is 50.8 Å². The van der Waals surface area contributed by atoms with Gasteiger partial charge in [-0.2, -0.15) is 0 Å². The third kappa shape index (κ3) is 3.67. The quantitative estimate of drug-likeness (QED) is 0.755. The van der Waals surface area contributed by atoms with Gasteiger partial charge in [-0.1, -0.05) is 0 Å². The van der Waals surface area contributed by atoms with Gasteiger partial charge in [0.15, 0.2) is 0 Å². The van der Waals surface area contributed by atoms with E-state index in [1.807, 2.05) is 12.1 Å². The standard InChI is InChI=1S/C20H25N5O2/c1-12-18(23-11-22-12)13-6-8-25(9-7-13)15-4-5-16(19(21)26)17(10-15)24-20(27)14-2-3-14/h4-5,10-11,13-14H,2-3,6-9H2,1H3,(H2,21,26)(H,22,23)(H,24,27). The van der Waals surface area contributed by atoms with Crippen LogP contribution in [0.15, 0.2) is 24.5 Å². The predicted octanol–water partition coefficient (Wildman–Crippen LogP) is 2.55. The number of carbonyl (C=O) groups excluding carboxylic acids is 2. The molecule has 2 aromatic rings. The molecule has 4 rings (SSSR count). The number of hydrogen-bond acceptors (Lipinski definition) is 4. The summed E-state index contributed by atoms with van der Waals surface area (Å²) in [5, 5.41) is 2.89. The predicted molar refractivity (Wildman–Crippen MR) is 104 cm³/mol. The average molecular weight is 367 g/mol. The highest BCUT2D eigenvalue weighted by Crippen LogP contribution is 2.34. The maximum Gasteiger partial charge on any atom is 0.250 e. The topological polar surface area (TPSA) is 104 Å². The zero-order chi connectivity index (χ0) is 19.0. The van der Waals surface area contributed by atoms with Crippen molar-refractivity contribution in [1.82, 2.24) is 9.97 Å². The number of anilines is 2. The van der Waals surface area contributed by atoms with Crippen molar-refractivity contribution in [3.63, 3.8) is 0 Å². The third-order valence-electron chi connectivity index (χ3n) is 5.59. The van der Waals surface area contributed by atoms with Crippen LogP contribution in [0, 0.1) is 12.8 Å². The smallest absolute Gasteiger partial charge is 0.250 e. The number of nitrogens with two attached hydrogens (primary N) is 1. The molecule has 2 fully saturated rings. The fourth-order valence-electron chi connectivity index (χ4n) is 3.82. The molecule has 1 aliphatic heterocycles. The van der Waals surface area contributed by atoms with Crippen molar-refractivity contribution in [2.24, 2.45) is 11.7 Å². The number of aromatic amines is 1. The van der Waals surface area contributed by atoms with Crippen LogP contribution in [0.25, 0.3) is 0 Å². The summed E-state index contributed by atoms with van der Waals surface area (Å²) in [6, 6.07) is 5.50. The van der Waals surface area contributed by atoms with Crippen molar-refractivity contribution in [2.75, 3.05) is 23.3 Å². The molecule has 0 spiro atoms. The van der Waals surface area contributed by atoms with Crippen LogP contribution >= 0.6 is 0 Å². The van der Waals surface area contributed by atoms with Crippen LogP contribution in [-0.2, 0) is 4.79 Å². The number of nitrogens with zero attached hydrogens (tertiary/aromatic N) is 2. The number of imidazole rings is 1. The van der Waals surface area contributed by atoms with E-state index in [0.717, 1.165) is 55.8 Å². The Morgan fingerprint density at radius 2 is 1.96 bits per heavy atom. The number of H-pyrrole nitrogens is 1. The number of piperidine rings is 1. The molecule has 1 aliphatic carbocycles. The number of primary amides is 1. The fraction of sp³-hybridized carbons (Fsp3) is 0.450. The van der Waals surface area contributed by atoms with Crippen LogP contribution in [-0.4, -0.2) is 34.9 Å². The SMILES string of the molecule is Cc1[nH]cnc1C1CCN(c2ccc(C(N)=O)c(NC(=O)C3CC3)c2)CC1. The lowest BCUT2D eigenvalue weighted by molar-refractivity contribution is -0.117. The van der Waals surface area contributed by atoms with Gasteiger partial charge in [-0.15, -0.1) is 0 Å². The molecule has 1 aromatic carbocycles. The normalized spacial score (nSPS) is 17.7. The summed E-state index contributed by atoms with van der Waals surface area (Å²) in [5.74, 6) is -0.0172. The summed E-state index contributed by atoms with van der Waals surface area (Å²) < 4.78 is 0. The number of benzene rings is 1. The molecule has 0 unspecified atom stereocenters. The summed E-state index contributed by atoms with van der Waals surface area (Å²) >= 11 is 0. The lowest BCUT2D eigenvalue weighted by Crippen LogP contribution is -2.33. The second kappa shape index (κ2) is 7.06. The number of rotatable bonds is 5. The summed E-state index contributed by atoms with van der Waals surface area (Å²) in [6.07, 6.45) is 5.63. The molecular weight excluding hydrogens is 342 g/mol. The van der Waals surface area contributed by atoms with E-state index < -0.39 is 5.91 Å². The number of aromatic nitrogens is 2. The van der Waals surface area contributed by atoms with E-state index in [-0.39, 0.29) is 11.8 Å². The van der Waals surface area contributed by atoms with Gasteiger partial charge in [-0.25, -0.2) is 4.98 Å². The Hall–Kier alpha value is -2.83. The lowest BCUT2D eigenvalue weighted by Gasteiger charge is -2.33. The van der Waals surface area contributed by atoms with Crippen molar-refractivity contribution in [3.05, 3.63) is 41.5 Å². The minimum absolute atomic E-state index is 0.0256. The van der Waals surface area contributed by atoms with Gasteiger partial charge >= 0.3 is 0 Å². The van der Waals surface area contributed by atoms with Crippen LogP contribution in [0.3, 0.4) is 0 Å². The lowest BCUT2D eigenvalue weighted by atomic mass is 9.92. The second-order valence-corrected chi connectivity index (χ2v) is 7.53. The van der Waals surface area contributed by atoms with Gasteiger partial charge in [-0.3, -0.25) is 9.59 Å². The monoisotopic (exact) mass is 367 g/mol.